The zero-order chi connectivity index (χ0) is 67.7. The van der Waals surface area contributed by atoms with Gasteiger partial charge in [-0.05, 0) is 162 Å². The summed E-state index contributed by atoms with van der Waals surface area (Å²) in [5.41, 5.74) is 17.8. The van der Waals surface area contributed by atoms with E-state index < -0.39 is 0 Å². The first kappa shape index (κ1) is 66.8. The van der Waals surface area contributed by atoms with E-state index in [1.54, 1.807) is 72.8 Å². The highest BCUT2D eigenvalue weighted by Crippen LogP contribution is 2.39. The number of nitrogens with one attached hydrogen (secondary N) is 6. The van der Waals surface area contributed by atoms with E-state index in [1.807, 2.05) is 83.9 Å². The summed E-state index contributed by atoms with van der Waals surface area (Å²) in [6.45, 7) is 2.27. The third kappa shape index (κ3) is 16.9. The Labute approximate surface area is 573 Å². The van der Waals surface area contributed by atoms with E-state index in [9.17, 15) is 19.2 Å². The van der Waals surface area contributed by atoms with Crippen LogP contribution in [0.25, 0.3) is 90.9 Å². The number of benzene rings is 4. The number of aromatic amines is 2. The van der Waals surface area contributed by atoms with Crippen LogP contribution >= 0.6 is 0 Å². The first-order valence-electron chi connectivity index (χ1n) is 34.6. The predicted octanol–water partition coefficient (Wildman–Crippen LogP) is 17.8. The SMILES string of the molecule is CCCCCCCCCCCCCCCCCC(=O)Nc1ccc(C(=O)Nc2ccc(C(=O)Nc3ccc(C(=O)Nc4ccc(-c5c6nc(c(-c7cc[n+](C)cc7)c7ccc([nH]7)c(-c7cc[n+](C)cc7)c7nc(c(-c8cc[n+](C)cc8)c8ccc5[nH]8)C=C7)C=C6)cc4)cc3)cc2)cc1. The second kappa shape index (κ2) is 32.0. The molecule has 2 aliphatic rings. The molecule has 15 heteroatoms. The summed E-state index contributed by atoms with van der Waals surface area (Å²) >= 11 is 0. The highest BCUT2D eigenvalue weighted by molar-refractivity contribution is 6.08. The fourth-order valence-corrected chi connectivity index (χ4v) is 12.7. The minimum atomic E-state index is -0.354. The summed E-state index contributed by atoms with van der Waals surface area (Å²) < 4.78 is 6.07. The molecule has 0 unspecified atom stereocenters. The van der Waals surface area contributed by atoms with Crippen molar-refractivity contribution in [3.8, 4) is 44.5 Å². The second-order valence-corrected chi connectivity index (χ2v) is 25.7. The fraction of sp³-hybridized carbons (Fsp3) is 0.241. The number of H-pyrrole nitrogens is 2. The van der Waals surface area contributed by atoms with Gasteiger partial charge in [0.2, 0.25) is 5.91 Å². The molecule has 0 spiro atoms. The molecule has 0 atom stereocenters. The van der Waals surface area contributed by atoms with Crippen molar-refractivity contribution in [2.45, 2.75) is 110 Å². The molecule has 0 fully saturated rings. The number of pyridine rings is 3. The number of rotatable bonds is 27. The smallest absolute Gasteiger partial charge is 0.255 e. The minimum absolute atomic E-state index is 0.0231. The van der Waals surface area contributed by atoms with E-state index in [0.717, 1.165) is 109 Å². The summed E-state index contributed by atoms with van der Waals surface area (Å²) in [4.78, 5) is 71.7. The van der Waals surface area contributed by atoms with E-state index in [2.05, 4.69) is 136 Å². The van der Waals surface area contributed by atoms with E-state index in [-0.39, 0.29) is 23.6 Å². The Morgan fingerprint density at radius 3 is 0.867 bits per heavy atom. The number of carbonyl (C=O) groups excluding carboxylic acids is 4. The molecule has 4 amide bonds. The Hall–Kier alpha value is -11.2. The summed E-state index contributed by atoms with van der Waals surface area (Å²) in [6, 6.07) is 49.0. The molecule has 0 saturated carbocycles. The third-order valence-corrected chi connectivity index (χ3v) is 18.2. The third-order valence-electron chi connectivity index (χ3n) is 18.2. The van der Waals surface area contributed by atoms with Crippen LogP contribution in [0.15, 0.2) is 195 Å². The molecule has 15 nitrogen and oxygen atoms in total. The predicted molar refractivity (Wildman–Crippen MR) is 395 cm³/mol. The average molecular weight is 1300 g/mol. The van der Waals surface area contributed by atoms with Gasteiger partial charge in [0, 0.05) is 127 Å². The lowest BCUT2D eigenvalue weighted by atomic mass is 10.0. The number of hydrogen-bond donors (Lipinski definition) is 6. The summed E-state index contributed by atoms with van der Waals surface area (Å²) in [6.07, 6.45) is 40.3. The molecule has 2 aliphatic heterocycles. The molecule has 6 aromatic heterocycles. The normalized spacial score (nSPS) is 11.6. The Morgan fingerprint density at radius 1 is 0.316 bits per heavy atom. The molecular weight excluding hydrogens is 1210 g/mol. The first-order chi connectivity index (χ1) is 47.9. The standard InChI is InChI=1S/C83H83N11O4/c1-5-6-7-8-9-10-11-12-13-14-15-16-17-18-19-20-76(95)84-64-31-23-61(24-32-64)81(96)86-66-35-27-63(28-36-66)83(98)87-67-33-25-62(26-34-67)82(97)85-65-29-21-57(22-30-65)77-68-37-39-70(88-68)78(58-45-51-92(2)52-46-58)72-41-43-74(90-72)80(60-49-55-94(4)56-50-60)75-44-42-73(91-75)79(71-40-38-69(77)89-71)59-47-53-93(3)54-48-59/h21-56H,5-20H2,1-4H3,(H3-2,84,85,86,87,88,89,90,91,95,96,97,98)/p+3. The highest BCUT2D eigenvalue weighted by Gasteiger charge is 2.21. The molecule has 8 bridgehead atoms. The van der Waals surface area contributed by atoms with E-state index in [1.165, 1.54) is 77.0 Å². The van der Waals surface area contributed by atoms with Gasteiger partial charge >= 0.3 is 0 Å². The number of hydrogen-bond acceptors (Lipinski definition) is 6. The van der Waals surface area contributed by atoms with Crippen LogP contribution in [-0.2, 0) is 25.9 Å². The monoisotopic (exact) mass is 1300 g/mol. The van der Waals surface area contributed by atoms with Gasteiger partial charge in [0.15, 0.2) is 37.2 Å². The van der Waals surface area contributed by atoms with Crippen LogP contribution in [0.1, 0.15) is 164 Å². The quantitative estimate of drug-likeness (QED) is 0.0220. The lowest BCUT2D eigenvalue weighted by Gasteiger charge is -2.10. The molecule has 0 aliphatic carbocycles. The number of anilines is 4. The van der Waals surface area contributed by atoms with Crippen LogP contribution in [0.5, 0.6) is 0 Å². The van der Waals surface area contributed by atoms with Crippen LogP contribution in [0.3, 0.4) is 0 Å². The van der Waals surface area contributed by atoms with Crippen molar-refractivity contribution in [3.05, 3.63) is 234 Å². The van der Waals surface area contributed by atoms with Crippen molar-refractivity contribution >= 4 is 92.7 Å². The molecular formula is C83H86N11O4+3. The van der Waals surface area contributed by atoms with Crippen LogP contribution in [0.4, 0.5) is 22.7 Å². The van der Waals surface area contributed by atoms with Gasteiger partial charge in [-0.15, -0.1) is 0 Å². The number of aryl methyl sites for hydroxylation is 3. The number of nitrogens with zero attached hydrogens (tertiary/aromatic N) is 5. The number of carbonyl (C=O) groups is 4. The van der Waals surface area contributed by atoms with Crippen molar-refractivity contribution in [1.82, 2.24) is 19.9 Å². The molecule has 12 rings (SSSR count). The zero-order valence-electron chi connectivity index (χ0n) is 56.5. The zero-order valence-corrected chi connectivity index (χ0v) is 56.5. The molecule has 8 heterocycles. The van der Waals surface area contributed by atoms with Crippen LogP contribution in [0.2, 0.25) is 0 Å². The Kier molecular flexibility index (Phi) is 21.8. The van der Waals surface area contributed by atoms with E-state index in [0.29, 0.717) is 45.9 Å². The van der Waals surface area contributed by atoms with Crippen LogP contribution < -0.4 is 35.0 Å². The average Bonchev–Trinajstić information content (AvgIpc) is 1.61. The van der Waals surface area contributed by atoms with E-state index in [4.69, 9.17) is 9.97 Å². The summed E-state index contributed by atoms with van der Waals surface area (Å²) in [5.74, 6) is -1.01. The highest BCUT2D eigenvalue weighted by atomic mass is 16.2. The van der Waals surface area contributed by atoms with Gasteiger partial charge in [0.25, 0.3) is 17.7 Å². The maximum Gasteiger partial charge on any atom is 0.255 e. The molecule has 6 N–H and O–H groups in total. The maximum atomic E-state index is 13.8. The van der Waals surface area contributed by atoms with Gasteiger partial charge < -0.3 is 31.2 Å². The largest absolute Gasteiger partial charge is 0.354 e. The summed E-state index contributed by atoms with van der Waals surface area (Å²) in [7, 11) is 6.03. The molecule has 0 radical (unpaired) electrons. The van der Waals surface area contributed by atoms with E-state index >= 15 is 0 Å². The molecule has 494 valence electrons. The fourth-order valence-electron chi connectivity index (χ4n) is 12.7. The molecule has 4 aromatic carbocycles. The van der Waals surface area contributed by atoms with Crippen molar-refractivity contribution in [1.29, 1.82) is 0 Å². The lowest BCUT2D eigenvalue weighted by Crippen LogP contribution is -2.25. The minimum Gasteiger partial charge on any atom is -0.354 e. The van der Waals surface area contributed by atoms with Gasteiger partial charge in [-0.25, -0.2) is 23.7 Å². The van der Waals surface area contributed by atoms with Crippen molar-refractivity contribution in [2.75, 3.05) is 21.3 Å². The molecule has 10 aromatic rings. The van der Waals surface area contributed by atoms with Gasteiger partial charge in [-0.3, -0.25) is 19.2 Å². The van der Waals surface area contributed by atoms with Crippen LogP contribution in [0, 0.1) is 0 Å². The van der Waals surface area contributed by atoms with Crippen molar-refractivity contribution < 1.29 is 32.9 Å². The number of aromatic nitrogens is 7. The second-order valence-electron chi connectivity index (χ2n) is 25.7. The van der Waals surface area contributed by atoms with Gasteiger partial charge in [0.1, 0.15) is 21.1 Å². The molecule has 98 heavy (non-hydrogen) atoms. The van der Waals surface area contributed by atoms with Gasteiger partial charge in [0.05, 0.1) is 22.8 Å². The summed E-state index contributed by atoms with van der Waals surface area (Å²) in [5, 5.41) is 11.8. The van der Waals surface area contributed by atoms with Gasteiger partial charge in [-0.2, -0.15) is 0 Å². The van der Waals surface area contributed by atoms with Gasteiger partial charge in [-0.1, -0.05) is 109 Å². The van der Waals surface area contributed by atoms with Crippen molar-refractivity contribution in [2.24, 2.45) is 21.1 Å². The Bertz CT molecular complexity index is 4660. The van der Waals surface area contributed by atoms with Crippen LogP contribution in [-0.4, -0.2) is 43.6 Å². The first-order valence-corrected chi connectivity index (χ1v) is 34.6. The number of unbranched alkanes of at least 4 members (excludes halogenated alkanes) is 14. The topological polar surface area (TPSA) is 185 Å². The maximum absolute atomic E-state index is 13.8. The number of amides is 4. The Balaban J connectivity index is 0.690. The molecule has 0 saturated heterocycles. The van der Waals surface area contributed by atoms with Crippen molar-refractivity contribution in [3.63, 3.8) is 0 Å². The Morgan fingerprint density at radius 2 is 0.571 bits per heavy atom. The number of fused-ring (bicyclic) bond motifs is 8. The lowest BCUT2D eigenvalue weighted by molar-refractivity contribution is -0.671.